The van der Waals surface area contributed by atoms with E-state index in [2.05, 4.69) is 0 Å². The summed E-state index contributed by atoms with van der Waals surface area (Å²) in [5.74, 6) is -0.449. The van der Waals surface area contributed by atoms with Gasteiger partial charge in [0.15, 0.2) is 6.10 Å². The molecule has 0 aliphatic carbocycles. The Morgan fingerprint density at radius 1 is 1.56 bits per heavy atom. The molecule has 0 radical (unpaired) electrons. The van der Waals surface area contributed by atoms with E-state index in [0.717, 1.165) is 0 Å². The van der Waals surface area contributed by atoms with Crippen molar-refractivity contribution in [2.75, 3.05) is 19.8 Å². The van der Waals surface area contributed by atoms with Crippen LogP contribution in [0.2, 0.25) is 0 Å². The van der Waals surface area contributed by atoms with Gasteiger partial charge in [-0.15, -0.1) is 0 Å². The van der Waals surface area contributed by atoms with Crippen LogP contribution in [0.25, 0.3) is 0 Å². The van der Waals surface area contributed by atoms with Crippen LogP contribution in [0.4, 0.5) is 0 Å². The minimum Gasteiger partial charge on any atom is -0.376 e. The lowest BCUT2D eigenvalue weighted by atomic mass is 10.3. The summed E-state index contributed by atoms with van der Waals surface area (Å²) in [6.07, 6.45) is -0.529. The first-order valence-electron chi connectivity index (χ1n) is 2.79. The predicted octanol–water partition coefficient (Wildman–Crippen LogP) is -1.11. The van der Waals surface area contributed by atoms with Gasteiger partial charge in [0.2, 0.25) is 5.91 Å². The van der Waals surface area contributed by atoms with E-state index in [1.807, 2.05) is 0 Å². The van der Waals surface area contributed by atoms with E-state index in [9.17, 15) is 4.79 Å². The van der Waals surface area contributed by atoms with Crippen molar-refractivity contribution >= 4 is 5.91 Å². The highest BCUT2D eigenvalue weighted by molar-refractivity contribution is 5.79. The van der Waals surface area contributed by atoms with Crippen molar-refractivity contribution in [1.29, 1.82) is 0 Å². The summed E-state index contributed by atoms with van der Waals surface area (Å²) >= 11 is 0. The summed E-state index contributed by atoms with van der Waals surface area (Å²) in [6, 6.07) is 0. The number of hydrogen-bond donors (Lipinski definition) is 1. The molecule has 52 valence electrons. The second-order valence-corrected chi connectivity index (χ2v) is 1.84. The quantitative estimate of drug-likeness (QED) is 0.490. The SMILES string of the molecule is NC(=O)C1COCCO1. The van der Waals surface area contributed by atoms with Gasteiger partial charge in [-0.05, 0) is 0 Å². The molecule has 1 atom stereocenters. The highest BCUT2D eigenvalue weighted by Gasteiger charge is 2.18. The van der Waals surface area contributed by atoms with Crippen molar-refractivity contribution in [3.63, 3.8) is 0 Å². The number of ether oxygens (including phenoxy) is 2. The fraction of sp³-hybridized carbons (Fsp3) is 0.800. The van der Waals surface area contributed by atoms with Crippen molar-refractivity contribution in [3.05, 3.63) is 0 Å². The molecule has 0 aromatic rings. The predicted molar refractivity (Wildman–Crippen MR) is 29.8 cm³/mol. The zero-order valence-corrected chi connectivity index (χ0v) is 5.00. The summed E-state index contributed by atoms with van der Waals surface area (Å²) in [6.45, 7) is 1.33. The van der Waals surface area contributed by atoms with E-state index in [0.29, 0.717) is 19.8 Å². The number of primary amides is 1. The van der Waals surface area contributed by atoms with Crippen LogP contribution in [0, 0.1) is 0 Å². The Morgan fingerprint density at radius 3 is 2.67 bits per heavy atom. The number of nitrogens with two attached hydrogens (primary N) is 1. The van der Waals surface area contributed by atoms with Crippen molar-refractivity contribution < 1.29 is 14.3 Å². The Bertz CT molecular complexity index is 109. The van der Waals surface area contributed by atoms with Crippen LogP contribution in [0.5, 0.6) is 0 Å². The first-order chi connectivity index (χ1) is 4.30. The molecule has 0 spiro atoms. The number of hydrogen-bond acceptors (Lipinski definition) is 3. The molecule has 1 unspecified atom stereocenters. The monoisotopic (exact) mass is 131 g/mol. The molecule has 1 heterocycles. The molecule has 4 nitrogen and oxygen atoms in total. The molecular weight excluding hydrogens is 122 g/mol. The summed E-state index contributed by atoms with van der Waals surface area (Å²) in [5.41, 5.74) is 4.92. The van der Waals surface area contributed by atoms with Gasteiger partial charge in [-0.3, -0.25) is 4.79 Å². The van der Waals surface area contributed by atoms with E-state index in [-0.39, 0.29) is 0 Å². The Morgan fingerprint density at radius 2 is 2.33 bits per heavy atom. The molecule has 1 saturated heterocycles. The summed E-state index contributed by atoms with van der Waals surface area (Å²) in [4.78, 5) is 10.4. The molecule has 1 amide bonds. The highest BCUT2D eigenvalue weighted by atomic mass is 16.6. The van der Waals surface area contributed by atoms with Crippen molar-refractivity contribution in [3.8, 4) is 0 Å². The van der Waals surface area contributed by atoms with Gasteiger partial charge in [-0.1, -0.05) is 0 Å². The molecule has 0 bridgehead atoms. The lowest BCUT2D eigenvalue weighted by Crippen LogP contribution is -2.39. The third-order valence-corrected chi connectivity index (χ3v) is 1.13. The lowest BCUT2D eigenvalue weighted by molar-refractivity contribution is -0.144. The fourth-order valence-electron chi connectivity index (χ4n) is 0.652. The molecule has 1 aliphatic heterocycles. The zero-order valence-electron chi connectivity index (χ0n) is 5.00. The molecule has 0 aromatic carbocycles. The number of amides is 1. The van der Waals surface area contributed by atoms with Crippen molar-refractivity contribution in [2.45, 2.75) is 6.10 Å². The van der Waals surface area contributed by atoms with Crippen LogP contribution < -0.4 is 5.73 Å². The van der Waals surface area contributed by atoms with Gasteiger partial charge in [0.25, 0.3) is 0 Å². The van der Waals surface area contributed by atoms with Crippen LogP contribution in [0.1, 0.15) is 0 Å². The third kappa shape index (κ3) is 1.65. The van der Waals surface area contributed by atoms with Crippen LogP contribution in [0.3, 0.4) is 0 Å². The van der Waals surface area contributed by atoms with Gasteiger partial charge in [0.1, 0.15) is 0 Å². The summed E-state index contributed by atoms with van der Waals surface area (Å²) < 4.78 is 9.86. The maximum atomic E-state index is 10.4. The van der Waals surface area contributed by atoms with Gasteiger partial charge in [0, 0.05) is 0 Å². The molecule has 0 saturated carbocycles. The normalized spacial score (nSPS) is 27.8. The molecule has 1 aliphatic rings. The maximum absolute atomic E-state index is 10.4. The minimum atomic E-state index is -0.529. The molecule has 4 heteroatoms. The molecular formula is C5H9NO3. The van der Waals surface area contributed by atoms with Crippen LogP contribution >= 0.6 is 0 Å². The van der Waals surface area contributed by atoms with Crippen LogP contribution in [0.15, 0.2) is 0 Å². The van der Waals surface area contributed by atoms with E-state index in [1.54, 1.807) is 0 Å². The lowest BCUT2D eigenvalue weighted by Gasteiger charge is -2.19. The summed E-state index contributed by atoms with van der Waals surface area (Å²) in [5, 5.41) is 0. The Labute approximate surface area is 52.9 Å². The molecule has 1 fully saturated rings. The average Bonchev–Trinajstić information content (AvgIpc) is 1.90. The summed E-state index contributed by atoms with van der Waals surface area (Å²) in [7, 11) is 0. The van der Waals surface area contributed by atoms with Crippen LogP contribution in [-0.4, -0.2) is 31.8 Å². The second kappa shape index (κ2) is 2.80. The van der Waals surface area contributed by atoms with E-state index >= 15 is 0 Å². The topological polar surface area (TPSA) is 61.6 Å². The first-order valence-corrected chi connectivity index (χ1v) is 2.79. The van der Waals surface area contributed by atoms with E-state index in [4.69, 9.17) is 15.2 Å². The van der Waals surface area contributed by atoms with E-state index in [1.165, 1.54) is 0 Å². The number of rotatable bonds is 1. The number of carbonyl (C=O) groups is 1. The largest absolute Gasteiger partial charge is 0.376 e. The van der Waals surface area contributed by atoms with Gasteiger partial charge in [0.05, 0.1) is 19.8 Å². The highest BCUT2D eigenvalue weighted by Crippen LogP contribution is 1.98. The van der Waals surface area contributed by atoms with Gasteiger partial charge >= 0.3 is 0 Å². The molecule has 1 rings (SSSR count). The van der Waals surface area contributed by atoms with Crippen molar-refractivity contribution in [1.82, 2.24) is 0 Å². The van der Waals surface area contributed by atoms with E-state index < -0.39 is 12.0 Å². The van der Waals surface area contributed by atoms with Gasteiger partial charge in [-0.25, -0.2) is 0 Å². The molecule has 9 heavy (non-hydrogen) atoms. The minimum absolute atomic E-state index is 0.301. The smallest absolute Gasteiger partial charge is 0.248 e. The Kier molecular flexibility index (Phi) is 2.02. The van der Waals surface area contributed by atoms with Gasteiger partial charge < -0.3 is 15.2 Å². The standard InChI is InChI=1S/C5H9NO3/c6-5(7)4-3-8-1-2-9-4/h4H,1-3H2,(H2,6,7). The average molecular weight is 131 g/mol. The molecule has 0 aromatic heterocycles. The molecule has 2 N–H and O–H groups in total. The Hall–Kier alpha value is -0.610. The second-order valence-electron chi connectivity index (χ2n) is 1.84. The fourth-order valence-corrected chi connectivity index (χ4v) is 0.652. The Balaban J connectivity index is 2.31. The number of carbonyl (C=O) groups excluding carboxylic acids is 1. The van der Waals surface area contributed by atoms with Crippen molar-refractivity contribution in [2.24, 2.45) is 5.73 Å². The first kappa shape index (κ1) is 6.51. The maximum Gasteiger partial charge on any atom is 0.248 e. The van der Waals surface area contributed by atoms with Gasteiger partial charge in [-0.2, -0.15) is 0 Å². The van der Waals surface area contributed by atoms with Crippen LogP contribution in [-0.2, 0) is 14.3 Å². The zero-order chi connectivity index (χ0) is 6.69. The third-order valence-electron chi connectivity index (χ3n) is 1.13.